The Balaban J connectivity index is 0. The normalized spacial score (nSPS) is 6.00. The molecule has 0 aliphatic heterocycles. The largest absolute Gasteiger partial charge is 0.342 e. The Bertz CT molecular complexity index is 8.85. The second kappa shape index (κ2) is 8.82. The maximum atomic E-state index is 4.97. The summed E-state index contributed by atoms with van der Waals surface area (Å²) in [5.41, 5.74) is 4.97. The summed E-state index contributed by atoms with van der Waals surface area (Å²) < 4.78 is 0. The summed E-state index contributed by atoms with van der Waals surface area (Å²) in [7, 11) is 0. The van der Waals surface area contributed by atoms with E-state index in [1.54, 1.807) is 0 Å². The average Bonchev–Trinajstić information content (AvgIpc) is 1.37. The Kier molecular flexibility index (Phi) is 16.0. The van der Waals surface area contributed by atoms with Crippen molar-refractivity contribution < 1.29 is 16.5 Å². The van der Waals surface area contributed by atoms with E-state index < -0.39 is 0 Å². The number of nitrogens with two attached hydrogens (primary N) is 1. The van der Waals surface area contributed by atoms with Gasteiger partial charge in [-0.05, 0) is 6.54 Å². The monoisotopic (exact) mass is 116 g/mol. The number of hydrogen-bond donors (Lipinski definition) is 1. The molecule has 2 N–H and O–H groups in total. The third-order valence-corrected chi connectivity index (χ3v) is 0.204. The van der Waals surface area contributed by atoms with Crippen molar-refractivity contribution in [2.24, 2.45) is 5.73 Å². The van der Waals surface area contributed by atoms with Crippen LogP contribution in [0.1, 0.15) is 6.42 Å². The van der Waals surface area contributed by atoms with Crippen LogP contribution in [0, 0.1) is 6.92 Å². The van der Waals surface area contributed by atoms with E-state index in [0.29, 0.717) is 6.54 Å². The zero-order valence-electron chi connectivity index (χ0n) is 3.01. The van der Waals surface area contributed by atoms with Crippen molar-refractivity contribution in [1.82, 2.24) is 0 Å². The molecule has 0 aliphatic rings. The predicted octanol–water partition coefficient (Wildman–Crippen LogP) is 0.167. The number of rotatable bonds is 1. The van der Waals surface area contributed by atoms with Crippen LogP contribution in [0.15, 0.2) is 0 Å². The van der Waals surface area contributed by atoms with E-state index in [0.717, 1.165) is 6.42 Å². The Morgan fingerprint density at radius 3 is 1.80 bits per heavy atom. The summed E-state index contributed by atoms with van der Waals surface area (Å²) in [6.07, 6.45) is 0.847. The van der Waals surface area contributed by atoms with Gasteiger partial charge in [-0.2, -0.15) is 6.42 Å². The fraction of sp³-hybridized carbons (Fsp3) is 0.667. The van der Waals surface area contributed by atoms with Gasteiger partial charge < -0.3 is 12.7 Å². The van der Waals surface area contributed by atoms with Crippen molar-refractivity contribution in [1.29, 1.82) is 0 Å². The molecule has 0 radical (unpaired) electrons. The molecule has 0 aromatic heterocycles. The van der Waals surface area contributed by atoms with Crippen LogP contribution in [0.3, 0.4) is 0 Å². The van der Waals surface area contributed by atoms with Crippen LogP contribution in [0.4, 0.5) is 0 Å². The Morgan fingerprint density at radius 1 is 1.60 bits per heavy atom. The zero-order valence-corrected chi connectivity index (χ0v) is 4.00. The maximum Gasteiger partial charge on any atom is 0 e. The quantitative estimate of drug-likeness (QED) is 0.384. The van der Waals surface area contributed by atoms with Crippen molar-refractivity contribution in [3.05, 3.63) is 6.92 Å². The molecule has 0 aliphatic carbocycles. The van der Waals surface area contributed by atoms with E-state index >= 15 is 0 Å². The van der Waals surface area contributed by atoms with Gasteiger partial charge in [0.25, 0.3) is 0 Å². The molecular weight excluding hydrogens is 109 g/mol. The first-order valence-corrected chi connectivity index (χ1v) is 1.41. The molecule has 0 bridgehead atoms. The molecule has 0 spiro atoms. The van der Waals surface area contributed by atoms with Crippen LogP contribution in [0.2, 0.25) is 0 Å². The molecule has 36 valence electrons. The van der Waals surface area contributed by atoms with E-state index in [2.05, 4.69) is 6.92 Å². The summed E-state index contributed by atoms with van der Waals surface area (Å²) in [5, 5.41) is 0. The number of hydrogen-bond acceptors (Lipinski definition) is 1. The average molecular weight is 117 g/mol. The summed E-state index contributed by atoms with van der Waals surface area (Å²) in [6, 6.07) is 0. The molecule has 5 heavy (non-hydrogen) atoms. The molecule has 0 atom stereocenters. The minimum absolute atomic E-state index is 0. The molecule has 0 heterocycles. The van der Waals surface area contributed by atoms with Gasteiger partial charge in [-0.25, -0.2) is 0 Å². The smallest absolute Gasteiger partial charge is 0 e. The molecule has 0 saturated carbocycles. The molecule has 2 heteroatoms. The summed E-state index contributed by atoms with van der Waals surface area (Å²) >= 11 is 0. The molecule has 0 rings (SSSR count). The second-order valence-corrected chi connectivity index (χ2v) is 0.642. The van der Waals surface area contributed by atoms with Gasteiger partial charge in [0.15, 0.2) is 0 Å². The third-order valence-electron chi connectivity index (χ3n) is 0.204. The summed E-state index contributed by atoms with van der Waals surface area (Å²) in [4.78, 5) is 0. The summed E-state index contributed by atoms with van der Waals surface area (Å²) in [5.74, 6) is 0. The molecule has 0 unspecified atom stereocenters. The van der Waals surface area contributed by atoms with Crippen molar-refractivity contribution in [3.8, 4) is 0 Å². The minimum atomic E-state index is 0. The zero-order chi connectivity index (χ0) is 3.41. The molecular formula is C3H8NNi-. The van der Waals surface area contributed by atoms with Gasteiger partial charge in [-0.3, -0.25) is 0 Å². The Hall–Kier alpha value is 0.454. The van der Waals surface area contributed by atoms with Gasteiger partial charge in [-0.15, -0.1) is 0 Å². The van der Waals surface area contributed by atoms with Crippen molar-refractivity contribution in [2.45, 2.75) is 6.42 Å². The third kappa shape index (κ3) is 12.7. The first-order chi connectivity index (χ1) is 1.91. The molecule has 0 aromatic carbocycles. The van der Waals surface area contributed by atoms with Crippen LogP contribution in [-0.2, 0) is 16.5 Å². The van der Waals surface area contributed by atoms with Gasteiger partial charge in [0, 0.05) is 16.5 Å². The van der Waals surface area contributed by atoms with Gasteiger partial charge in [0.1, 0.15) is 0 Å². The van der Waals surface area contributed by atoms with Gasteiger partial charge >= 0.3 is 0 Å². The predicted molar refractivity (Wildman–Crippen MR) is 19.0 cm³/mol. The van der Waals surface area contributed by atoms with Crippen LogP contribution in [0.5, 0.6) is 0 Å². The standard InChI is InChI=1S/C3H8N.Ni/c1-2-3-4;/h1-4H2;/q-1;. The fourth-order valence-corrected chi connectivity index (χ4v) is 0. The van der Waals surface area contributed by atoms with Crippen LogP contribution in [-0.4, -0.2) is 6.54 Å². The van der Waals surface area contributed by atoms with Gasteiger partial charge in [0.2, 0.25) is 0 Å². The van der Waals surface area contributed by atoms with Gasteiger partial charge in [0.05, 0.1) is 0 Å². The van der Waals surface area contributed by atoms with E-state index in [4.69, 9.17) is 5.73 Å². The Labute approximate surface area is 42.9 Å². The molecule has 0 aromatic rings. The Morgan fingerprint density at radius 2 is 1.80 bits per heavy atom. The maximum absolute atomic E-state index is 4.97. The first-order valence-electron chi connectivity index (χ1n) is 1.41. The summed E-state index contributed by atoms with van der Waals surface area (Å²) in [6.45, 7) is 4.19. The van der Waals surface area contributed by atoms with Crippen LogP contribution >= 0.6 is 0 Å². The van der Waals surface area contributed by atoms with E-state index in [1.807, 2.05) is 0 Å². The fourth-order valence-electron chi connectivity index (χ4n) is 0. The topological polar surface area (TPSA) is 26.0 Å². The molecule has 0 amide bonds. The van der Waals surface area contributed by atoms with Crippen molar-refractivity contribution in [2.75, 3.05) is 6.54 Å². The molecule has 0 fully saturated rings. The van der Waals surface area contributed by atoms with E-state index in [9.17, 15) is 0 Å². The van der Waals surface area contributed by atoms with Crippen LogP contribution < -0.4 is 5.73 Å². The van der Waals surface area contributed by atoms with Crippen LogP contribution in [0.25, 0.3) is 0 Å². The van der Waals surface area contributed by atoms with Crippen molar-refractivity contribution in [3.63, 3.8) is 0 Å². The minimum Gasteiger partial charge on any atom is -0.342 e. The second-order valence-electron chi connectivity index (χ2n) is 0.642. The van der Waals surface area contributed by atoms with E-state index in [-0.39, 0.29) is 16.5 Å². The van der Waals surface area contributed by atoms with Gasteiger partial charge in [-0.1, -0.05) is 0 Å². The van der Waals surface area contributed by atoms with E-state index in [1.165, 1.54) is 0 Å². The van der Waals surface area contributed by atoms with Crippen molar-refractivity contribution >= 4 is 0 Å². The SMILES string of the molecule is [CH2-]CCN.[Ni]. The molecule has 0 saturated heterocycles. The molecule has 1 nitrogen and oxygen atoms in total. The first kappa shape index (κ1) is 9.07.